The molecular weight excluding hydrogens is 248 g/mol. The van der Waals surface area contributed by atoms with Gasteiger partial charge in [-0.25, -0.2) is 0 Å². The van der Waals surface area contributed by atoms with E-state index in [9.17, 15) is 0 Å². The summed E-state index contributed by atoms with van der Waals surface area (Å²) in [5.74, 6) is 0. The van der Waals surface area contributed by atoms with Crippen LogP contribution in [-0.4, -0.2) is 37.2 Å². The Morgan fingerprint density at radius 1 is 1.30 bits per heavy atom. The van der Waals surface area contributed by atoms with Crippen LogP contribution in [0.25, 0.3) is 0 Å². The van der Waals surface area contributed by atoms with Crippen molar-refractivity contribution in [2.75, 3.05) is 26.2 Å². The zero-order chi connectivity index (χ0) is 14.7. The minimum atomic E-state index is 0.0891. The van der Waals surface area contributed by atoms with Crippen LogP contribution in [0.3, 0.4) is 0 Å². The molecule has 0 amide bonds. The van der Waals surface area contributed by atoms with Crippen LogP contribution in [0.2, 0.25) is 0 Å². The highest BCUT2D eigenvalue weighted by atomic mass is 16.5. The van der Waals surface area contributed by atoms with Gasteiger partial charge in [-0.15, -0.1) is 0 Å². The number of rotatable bonds is 4. The SMILES string of the molecule is CCC1CN(CC(N)c2c(C)cc(C)cc2C)CCO1. The van der Waals surface area contributed by atoms with E-state index in [1.807, 2.05) is 0 Å². The Bertz CT molecular complexity index is 435. The monoisotopic (exact) mass is 276 g/mol. The van der Waals surface area contributed by atoms with E-state index in [1.165, 1.54) is 22.3 Å². The summed E-state index contributed by atoms with van der Waals surface area (Å²) in [7, 11) is 0. The van der Waals surface area contributed by atoms with E-state index in [-0.39, 0.29) is 6.04 Å². The van der Waals surface area contributed by atoms with Gasteiger partial charge in [0, 0.05) is 25.7 Å². The van der Waals surface area contributed by atoms with E-state index in [4.69, 9.17) is 10.5 Å². The second-order valence-electron chi connectivity index (χ2n) is 6.08. The van der Waals surface area contributed by atoms with Crippen LogP contribution in [0.15, 0.2) is 12.1 Å². The molecule has 1 aromatic rings. The third-order valence-corrected chi connectivity index (χ3v) is 4.24. The van der Waals surface area contributed by atoms with Crippen LogP contribution >= 0.6 is 0 Å². The largest absolute Gasteiger partial charge is 0.376 e. The van der Waals surface area contributed by atoms with E-state index < -0.39 is 0 Å². The van der Waals surface area contributed by atoms with Crippen molar-refractivity contribution in [3.05, 3.63) is 34.4 Å². The number of nitrogens with zero attached hydrogens (tertiary/aromatic N) is 1. The summed E-state index contributed by atoms with van der Waals surface area (Å²) in [5, 5.41) is 0. The average Bonchev–Trinajstić information content (AvgIpc) is 2.37. The fraction of sp³-hybridized carbons (Fsp3) is 0.647. The molecule has 1 fully saturated rings. The fourth-order valence-corrected chi connectivity index (χ4v) is 3.34. The number of hydrogen-bond donors (Lipinski definition) is 1. The van der Waals surface area contributed by atoms with E-state index in [2.05, 4.69) is 44.7 Å². The standard InChI is InChI=1S/C17H28N2O/c1-5-15-10-19(6-7-20-15)11-16(18)17-13(3)8-12(2)9-14(17)4/h8-9,15-16H,5-7,10-11,18H2,1-4H3. The Kier molecular flexibility index (Phi) is 5.19. The molecule has 0 radical (unpaired) electrons. The van der Waals surface area contributed by atoms with E-state index in [0.717, 1.165) is 32.7 Å². The van der Waals surface area contributed by atoms with Crippen molar-refractivity contribution in [2.24, 2.45) is 5.73 Å². The summed E-state index contributed by atoms with van der Waals surface area (Å²) in [5.41, 5.74) is 11.7. The zero-order valence-electron chi connectivity index (χ0n) is 13.3. The first-order chi connectivity index (χ1) is 9.51. The minimum Gasteiger partial charge on any atom is -0.376 e. The number of morpholine rings is 1. The summed E-state index contributed by atoms with van der Waals surface area (Å²) in [6.45, 7) is 12.4. The van der Waals surface area contributed by atoms with Crippen LogP contribution in [-0.2, 0) is 4.74 Å². The van der Waals surface area contributed by atoms with Crippen molar-refractivity contribution in [1.29, 1.82) is 0 Å². The quantitative estimate of drug-likeness (QED) is 0.919. The van der Waals surface area contributed by atoms with E-state index >= 15 is 0 Å². The van der Waals surface area contributed by atoms with Crippen molar-refractivity contribution >= 4 is 0 Å². The number of nitrogens with two attached hydrogens (primary N) is 1. The van der Waals surface area contributed by atoms with Gasteiger partial charge in [-0.1, -0.05) is 24.6 Å². The molecule has 0 aliphatic carbocycles. The molecule has 1 heterocycles. The molecule has 0 bridgehead atoms. The van der Waals surface area contributed by atoms with Gasteiger partial charge in [0.05, 0.1) is 12.7 Å². The maximum absolute atomic E-state index is 6.48. The third-order valence-electron chi connectivity index (χ3n) is 4.24. The topological polar surface area (TPSA) is 38.5 Å². The molecule has 1 saturated heterocycles. The van der Waals surface area contributed by atoms with Gasteiger partial charge in [-0.2, -0.15) is 0 Å². The summed E-state index contributed by atoms with van der Waals surface area (Å²) in [6, 6.07) is 4.55. The Morgan fingerprint density at radius 2 is 1.95 bits per heavy atom. The van der Waals surface area contributed by atoms with Gasteiger partial charge in [-0.3, -0.25) is 4.90 Å². The smallest absolute Gasteiger partial charge is 0.0700 e. The van der Waals surface area contributed by atoms with E-state index in [0.29, 0.717) is 6.10 Å². The average molecular weight is 276 g/mol. The lowest BCUT2D eigenvalue weighted by Crippen LogP contribution is -2.45. The highest BCUT2D eigenvalue weighted by molar-refractivity contribution is 5.39. The molecule has 2 unspecified atom stereocenters. The molecule has 1 aliphatic rings. The molecule has 2 rings (SSSR count). The summed E-state index contributed by atoms with van der Waals surface area (Å²) >= 11 is 0. The van der Waals surface area contributed by atoms with Crippen molar-refractivity contribution < 1.29 is 4.74 Å². The molecular formula is C17H28N2O. The molecule has 2 N–H and O–H groups in total. The lowest BCUT2D eigenvalue weighted by Gasteiger charge is -2.34. The Morgan fingerprint density at radius 3 is 2.55 bits per heavy atom. The molecule has 0 spiro atoms. The zero-order valence-corrected chi connectivity index (χ0v) is 13.3. The molecule has 20 heavy (non-hydrogen) atoms. The normalized spacial score (nSPS) is 21.9. The van der Waals surface area contributed by atoms with Gasteiger partial charge in [0.15, 0.2) is 0 Å². The van der Waals surface area contributed by atoms with E-state index in [1.54, 1.807) is 0 Å². The van der Waals surface area contributed by atoms with Crippen molar-refractivity contribution in [3.63, 3.8) is 0 Å². The minimum absolute atomic E-state index is 0.0891. The van der Waals surface area contributed by atoms with Gasteiger partial charge in [0.1, 0.15) is 0 Å². The van der Waals surface area contributed by atoms with Crippen LogP contribution in [0.1, 0.15) is 41.6 Å². The van der Waals surface area contributed by atoms with Gasteiger partial charge >= 0.3 is 0 Å². The molecule has 112 valence electrons. The predicted molar refractivity (Wildman–Crippen MR) is 84.1 cm³/mol. The van der Waals surface area contributed by atoms with Gasteiger partial charge in [-0.05, 0) is 43.9 Å². The summed E-state index contributed by atoms with van der Waals surface area (Å²) in [6.07, 6.45) is 1.45. The second-order valence-corrected chi connectivity index (χ2v) is 6.08. The molecule has 1 aliphatic heterocycles. The lowest BCUT2D eigenvalue weighted by atomic mass is 9.94. The molecule has 3 nitrogen and oxygen atoms in total. The van der Waals surface area contributed by atoms with Crippen molar-refractivity contribution in [2.45, 2.75) is 46.3 Å². The second kappa shape index (κ2) is 6.70. The Labute approximate surface area is 123 Å². The molecule has 0 aromatic heterocycles. The van der Waals surface area contributed by atoms with Gasteiger partial charge in [0.2, 0.25) is 0 Å². The van der Waals surface area contributed by atoms with Crippen molar-refractivity contribution in [1.82, 2.24) is 4.90 Å². The van der Waals surface area contributed by atoms with Crippen LogP contribution in [0.4, 0.5) is 0 Å². The molecule has 1 aromatic carbocycles. The van der Waals surface area contributed by atoms with Gasteiger partial charge in [0.25, 0.3) is 0 Å². The van der Waals surface area contributed by atoms with Crippen LogP contribution in [0, 0.1) is 20.8 Å². The third kappa shape index (κ3) is 3.60. The molecule has 0 saturated carbocycles. The maximum atomic E-state index is 6.48. The Balaban J connectivity index is 2.06. The number of benzene rings is 1. The summed E-state index contributed by atoms with van der Waals surface area (Å²) in [4.78, 5) is 2.45. The molecule has 2 atom stereocenters. The number of ether oxygens (including phenoxy) is 1. The number of aryl methyl sites for hydroxylation is 3. The highest BCUT2D eigenvalue weighted by Crippen LogP contribution is 2.23. The summed E-state index contributed by atoms with van der Waals surface area (Å²) < 4.78 is 5.73. The first-order valence-corrected chi connectivity index (χ1v) is 7.68. The van der Waals surface area contributed by atoms with Crippen molar-refractivity contribution in [3.8, 4) is 0 Å². The van der Waals surface area contributed by atoms with Crippen LogP contribution in [0.5, 0.6) is 0 Å². The first kappa shape index (κ1) is 15.5. The van der Waals surface area contributed by atoms with Crippen LogP contribution < -0.4 is 5.73 Å². The highest BCUT2D eigenvalue weighted by Gasteiger charge is 2.22. The predicted octanol–water partition coefficient (Wildman–Crippen LogP) is 2.72. The van der Waals surface area contributed by atoms with Gasteiger partial charge < -0.3 is 10.5 Å². The number of hydrogen-bond acceptors (Lipinski definition) is 3. The first-order valence-electron chi connectivity index (χ1n) is 7.68. The Hall–Kier alpha value is -0.900. The lowest BCUT2D eigenvalue weighted by molar-refractivity contribution is -0.0312. The fourth-order valence-electron chi connectivity index (χ4n) is 3.34. The maximum Gasteiger partial charge on any atom is 0.0700 e. The molecule has 3 heteroatoms.